The fraction of sp³-hybridized carbons (Fsp3) is 0.812. The molecule has 0 saturated carbocycles. The zero-order chi connectivity index (χ0) is 15.1. The van der Waals surface area contributed by atoms with Gasteiger partial charge in [-0.05, 0) is 44.8 Å². The van der Waals surface area contributed by atoms with Gasteiger partial charge in [0.15, 0.2) is 0 Å². The van der Waals surface area contributed by atoms with Crippen LogP contribution < -0.4 is 5.73 Å². The van der Waals surface area contributed by atoms with Crippen molar-refractivity contribution < 1.29 is 0 Å². The number of rotatable bonds is 9. The van der Waals surface area contributed by atoms with Crippen molar-refractivity contribution in [2.75, 3.05) is 13.6 Å². The molecule has 0 spiro atoms. The van der Waals surface area contributed by atoms with Gasteiger partial charge in [0.1, 0.15) is 0 Å². The van der Waals surface area contributed by atoms with Gasteiger partial charge in [-0.1, -0.05) is 27.7 Å². The summed E-state index contributed by atoms with van der Waals surface area (Å²) in [5, 5.41) is 4.70. The van der Waals surface area contributed by atoms with E-state index in [-0.39, 0.29) is 0 Å². The van der Waals surface area contributed by atoms with E-state index in [0.717, 1.165) is 38.0 Å². The Kier molecular flexibility index (Phi) is 7.24. The van der Waals surface area contributed by atoms with Crippen molar-refractivity contribution in [3.63, 3.8) is 0 Å². The molecule has 0 fully saturated rings. The van der Waals surface area contributed by atoms with Crippen LogP contribution in [0.15, 0.2) is 12.3 Å². The minimum atomic E-state index is 0.291. The van der Waals surface area contributed by atoms with Crippen LogP contribution in [0.25, 0.3) is 0 Å². The Balaban J connectivity index is 2.44. The normalized spacial score (nSPS) is 13.7. The highest BCUT2D eigenvalue weighted by Crippen LogP contribution is 2.15. The Labute approximate surface area is 124 Å². The van der Waals surface area contributed by atoms with Gasteiger partial charge < -0.3 is 10.6 Å². The van der Waals surface area contributed by atoms with Crippen LogP contribution in [0.1, 0.15) is 58.7 Å². The summed E-state index contributed by atoms with van der Waals surface area (Å²) in [7, 11) is 2.14. The molecule has 0 aliphatic rings. The van der Waals surface area contributed by atoms with Gasteiger partial charge >= 0.3 is 0 Å². The van der Waals surface area contributed by atoms with E-state index in [9.17, 15) is 0 Å². The van der Waals surface area contributed by atoms with Gasteiger partial charge in [-0.15, -0.1) is 0 Å². The van der Waals surface area contributed by atoms with E-state index in [2.05, 4.69) is 56.6 Å². The minimum absolute atomic E-state index is 0.291. The van der Waals surface area contributed by atoms with Crippen molar-refractivity contribution in [2.45, 2.75) is 65.6 Å². The molecule has 0 aliphatic heterocycles. The molecule has 1 unspecified atom stereocenters. The van der Waals surface area contributed by atoms with Gasteiger partial charge in [0.25, 0.3) is 0 Å². The van der Waals surface area contributed by atoms with E-state index in [1.54, 1.807) is 0 Å². The lowest BCUT2D eigenvalue weighted by molar-refractivity contribution is 0.291. The standard InChI is InChI=1S/C16H32N4/c1-6-15(7-2)20-11-8-14(18-20)12-19(5)10-9-16(17)13(3)4/h8,11,13,15-16H,6-7,9-10,12,17H2,1-5H3. The monoisotopic (exact) mass is 280 g/mol. The Morgan fingerprint density at radius 1 is 1.30 bits per heavy atom. The largest absolute Gasteiger partial charge is 0.327 e. The fourth-order valence-corrected chi connectivity index (χ4v) is 2.39. The summed E-state index contributed by atoms with van der Waals surface area (Å²) in [4.78, 5) is 2.31. The summed E-state index contributed by atoms with van der Waals surface area (Å²) < 4.78 is 2.11. The molecule has 1 aromatic rings. The maximum absolute atomic E-state index is 6.09. The first-order valence-electron chi connectivity index (χ1n) is 7.96. The highest BCUT2D eigenvalue weighted by molar-refractivity contribution is 4.99. The Morgan fingerprint density at radius 2 is 1.95 bits per heavy atom. The van der Waals surface area contributed by atoms with E-state index in [1.807, 2.05) is 0 Å². The molecule has 0 saturated heterocycles. The second-order valence-electron chi connectivity index (χ2n) is 6.19. The Hall–Kier alpha value is -0.870. The van der Waals surface area contributed by atoms with E-state index in [1.165, 1.54) is 0 Å². The van der Waals surface area contributed by atoms with Crippen molar-refractivity contribution in [2.24, 2.45) is 11.7 Å². The molecule has 1 aromatic heterocycles. The Morgan fingerprint density at radius 3 is 2.50 bits per heavy atom. The fourth-order valence-electron chi connectivity index (χ4n) is 2.39. The van der Waals surface area contributed by atoms with E-state index in [4.69, 9.17) is 10.8 Å². The van der Waals surface area contributed by atoms with E-state index >= 15 is 0 Å². The molecule has 0 aliphatic carbocycles. The van der Waals surface area contributed by atoms with Gasteiger partial charge in [0.05, 0.1) is 11.7 Å². The first-order valence-corrected chi connectivity index (χ1v) is 7.96. The Bertz CT molecular complexity index is 368. The van der Waals surface area contributed by atoms with Crippen LogP contribution >= 0.6 is 0 Å². The molecule has 20 heavy (non-hydrogen) atoms. The predicted molar refractivity (Wildman–Crippen MR) is 85.6 cm³/mol. The van der Waals surface area contributed by atoms with Crippen molar-refractivity contribution in [1.82, 2.24) is 14.7 Å². The molecule has 4 nitrogen and oxygen atoms in total. The third kappa shape index (κ3) is 5.25. The average Bonchev–Trinajstić information content (AvgIpc) is 2.85. The predicted octanol–water partition coefficient (Wildman–Crippen LogP) is 3.05. The molecule has 0 aromatic carbocycles. The maximum atomic E-state index is 6.09. The summed E-state index contributed by atoms with van der Waals surface area (Å²) in [5.41, 5.74) is 7.24. The van der Waals surface area contributed by atoms with Crippen molar-refractivity contribution in [3.05, 3.63) is 18.0 Å². The SMILES string of the molecule is CCC(CC)n1ccc(CN(C)CCC(N)C(C)C)n1. The summed E-state index contributed by atoms with van der Waals surface area (Å²) in [6.07, 6.45) is 5.43. The van der Waals surface area contributed by atoms with Crippen LogP contribution in [-0.4, -0.2) is 34.3 Å². The van der Waals surface area contributed by atoms with E-state index < -0.39 is 0 Å². The van der Waals surface area contributed by atoms with Crippen LogP contribution in [0.3, 0.4) is 0 Å². The second-order valence-corrected chi connectivity index (χ2v) is 6.19. The number of hydrogen-bond acceptors (Lipinski definition) is 3. The number of hydrogen-bond donors (Lipinski definition) is 1. The highest BCUT2D eigenvalue weighted by Gasteiger charge is 2.11. The van der Waals surface area contributed by atoms with Crippen molar-refractivity contribution in [1.29, 1.82) is 0 Å². The summed E-state index contributed by atoms with van der Waals surface area (Å²) in [5.74, 6) is 0.553. The van der Waals surface area contributed by atoms with Crippen LogP contribution in [0, 0.1) is 5.92 Å². The summed E-state index contributed by atoms with van der Waals surface area (Å²) in [6.45, 7) is 10.7. The van der Waals surface area contributed by atoms with Crippen LogP contribution in [0.2, 0.25) is 0 Å². The molecule has 1 heterocycles. The maximum Gasteiger partial charge on any atom is 0.0764 e. The van der Waals surface area contributed by atoms with Crippen molar-refractivity contribution in [3.8, 4) is 0 Å². The van der Waals surface area contributed by atoms with Gasteiger partial charge in [-0.2, -0.15) is 5.10 Å². The molecule has 0 radical (unpaired) electrons. The molecule has 1 atom stereocenters. The zero-order valence-corrected chi connectivity index (χ0v) is 13.8. The lowest BCUT2D eigenvalue weighted by Gasteiger charge is -2.20. The zero-order valence-electron chi connectivity index (χ0n) is 13.8. The molecule has 116 valence electrons. The van der Waals surface area contributed by atoms with Crippen LogP contribution in [0.4, 0.5) is 0 Å². The highest BCUT2D eigenvalue weighted by atomic mass is 15.3. The summed E-state index contributed by atoms with van der Waals surface area (Å²) in [6, 6.07) is 2.96. The molecule has 1 rings (SSSR count). The molecule has 2 N–H and O–H groups in total. The average molecular weight is 280 g/mol. The first-order chi connectivity index (χ1) is 9.47. The van der Waals surface area contributed by atoms with E-state index in [0.29, 0.717) is 18.0 Å². The third-order valence-electron chi connectivity index (χ3n) is 4.11. The van der Waals surface area contributed by atoms with Gasteiger partial charge in [0.2, 0.25) is 0 Å². The minimum Gasteiger partial charge on any atom is -0.327 e. The van der Waals surface area contributed by atoms with Crippen LogP contribution in [-0.2, 0) is 6.54 Å². The van der Waals surface area contributed by atoms with Gasteiger partial charge in [-0.3, -0.25) is 4.68 Å². The number of nitrogens with two attached hydrogens (primary N) is 1. The third-order valence-corrected chi connectivity index (χ3v) is 4.11. The quantitative estimate of drug-likeness (QED) is 0.756. The lowest BCUT2D eigenvalue weighted by atomic mass is 10.0. The smallest absolute Gasteiger partial charge is 0.0764 e. The number of nitrogens with zero attached hydrogens (tertiary/aromatic N) is 3. The van der Waals surface area contributed by atoms with Gasteiger partial charge in [-0.25, -0.2) is 0 Å². The number of aromatic nitrogens is 2. The molecule has 4 heteroatoms. The lowest BCUT2D eigenvalue weighted by Crippen LogP contribution is -2.31. The first kappa shape index (κ1) is 17.2. The van der Waals surface area contributed by atoms with Gasteiger partial charge in [0, 0.05) is 18.8 Å². The molecular formula is C16H32N4. The topological polar surface area (TPSA) is 47.1 Å². The molecule has 0 bridgehead atoms. The molecular weight excluding hydrogens is 248 g/mol. The summed E-state index contributed by atoms with van der Waals surface area (Å²) >= 11 is 0. The van der Waals surface area contributed by atoms with Crippen molar-refractivity contribution >= 4 is 0 Å². The molecule has 0 amide bonds. The second kappa shape index (κ2) is 8.42. The van der Waals surface area contributed by atoms with Crippen LogP contribution in [0.5, 0.6) is 0 Å².